The Morgan fingerprint density at radius 2 is 2.18 bits per heavy atom. The summed E-state index contributed by atoms with van der Waals surface area (Å²) in [5.74, 6) is 3.43. The summed E-state index contributed by atoms with van der Waals surface area (Å²) in [5, 5.41) is 10.2. The molecule has 1 aromatic rings. The van der Waals surface area contributed by atoms with E-state index in [1.807, 2.05) is 12.1 Å². The van der Waals surface area contributed by atoms with Crippen LogP contribution in [0, 0.1) is 5.92 Å². The zero-order chi connectivity index (χ0) is 12.3. The summed E-state index contributed by atoms with van der Waals surface area (Å²) in [4.78, 5) is 0. The van der Waals surface area contributed by atoms with Crippen molar-refractivity contribution in [3.05, 3.63) is 29.3 Å². The van der Waals surface area contributed by atoms with Crippen LogP contribution in [0.25, 0.3) is 0 Å². The molecule has 0 aliphatic carbocycles. The van der Waals surface area contributed by atoms with E-state index in [4.69, 9.17) is 4.74 Å². The van der Waals surface area contributed by atoms with Gasteiger partial charge < -0.3 is 9.84 Å². The highest BCUT2D eigenvalue weighted by molar-refractivity contribution is 7.99. The molecular weight excluding hydrogens is 232 g/mol. The highest BCUT2D eigenvalue weighted by Gasteiger charge is 2.20. The van der Waals surface area contributed by atoms with E-state index in [0.29, 0.717) is 5.92 Å². The Kier molecular flexibility index (Phi) is 4.35. The van der Waals surface area contributed by atoms with Crippen molar-refractivity contribution in [1.29, 1.82) is 0 Å². The van der Waals surface area contributed by atoms with Crippen LogP contribution in [0.3, 0.4) is 0 Å². The summed E-state index contributed by atoms with van der Waals surface area (Å²) in [6.07, 6.45) is 0.557. The van der Waals surface area contributed by atoms with Crippen molar-refractivity contribution in [2.75, 3.05) is 18.1 Å². The molecule has 1 aliphatic rings. The Balaban J connectivity index is 1.99. The lowest BCUT2D eigenvalue weighted by Crippen LogP contribution is -2.04. The minimum Gasteiger partial charge on any atom is -0.493 e. The van der Waals surface area contributed by atoms with Crippen LogP contribution in [0.15, 0.2) is 18.2 Å². The molecular formula is C14H20O2S. The van der Waals surface area contributed by atoms with E-state index >= 15 is 0 Å². The summed E-state index contributed by atoms with van der Waals surface area (Å²) in [5.41, 5.74) is 2.19. The Bertz CT molecular complexity index is 376. The van der Waals surface area contributed by atoms with Crippen LogP contribution in [0.2, 0.25) is 0 Å². The SMILES string of the molecule is CC(C)CSCC(O)c1cccc2c1OCC2. The Morgan fingerprint density at radius 1 is 1.35 bits per heavy atom. The normalized spacial score (nSPS) is 15.8. The summed E-state index contributed by atoms with van der Waals surface area (Å²) in [6, 6.07) is 6.07. The maximum Gasteiger partial charge on any atom is 0.128 e. The van der Waals surface area contributed by atoms with Gasteiger partial charge in [-0.15, -0.1) is 0 Å². The Morgan fingerprint density at radius 3 is 2.94 bits per heavy atom. The fourth-order valence-corrected chi connectivity index (χ4v) is 3.02. The van der Waals surface area contributed by atoms with E-state index in [1.54, 1.807) is 11.8 Å². The number of thioether (sulfide) groups is 1. The van der Waals surface area contributed by atoms with Crippen LogP contribution in [-0.4, -0.2) is 23.2 Å². The van der Waals surface area contributed by atoms with Crippen molar-refractivity contribution < 1.29 is 9.84 Å². The molecule has 1 heterocycles. The summed E-state index contributed by atoms with van der Waals surface area (Å²) in [6.45, 7) is 5.14. The van der Waals surface area contributed by atoms with E-state index in [2.05, 4.69) is 19.9 Å². The van der Waals surface area contributed by atoms with Crippen LogP contribution >= 0.6 is 11.8 Å². The highest BCUT2D eigenvalue weighted by atomic mass is 32.2. The number of hydrogen-bond acceptors (Lipinski definition) is 3. The third kappa shape index (κ3) is 3.17. The van der Waals surface area contributed by atoms with Gasteiger partial charge in [-0.3, -0.25) is 0 Å². The summed E-state index contributed by atoms with van der Waals surface area (Å²) < 4.78 is 5.61. The van der Waals surface area contributed by atoms with Gasteiger partial charge in [-0.2, -0.15) is 11.8 Å². The lowest BCUT2D eigenvalue weighted by atomic mass is 10.0. The minimum absolute atomic E-state index is 0.410. The van der Waals surface area contributed by atoms with Gasteiger partial charge in [0.1, 0.15) is 5.75 Å². The molecule has 1 aliphatic heterocycles. The highest BCUT2D eigenvalue weighted by Crippen LogP contribution is 2.34. The van der Waals surface area contributed by atoms with Crippen molar-refractivity contribution in [3.63, 3.8) is 0 Å². The molecule has 0 saturated carbocycles. The van der Waals surface area contributed by atoms with Crippen molar-refractivity contribution in [2.24, 2.45) is 5.92 Å². The molecule has 3 heteroatoms. The monoisotopic (exact) mass is 252 g/mol. The molecule has 1 atom stereocenters. The molecule has 17 heavy (non-hydrogen) atoms. The summed E-state index contributed by atoms with van der Waals surface area (Å²) >= 11 is 1.80. The largest absolute Gasteiger partial charge is 0.493 e. The van der Waals surface area contributed by atoms with Crippen LogP contribution < -0.4 is 4.74 Å². The first-order chi connectivity index (χ1) is 8.18. The quantitative estimate of drug-likeness (QED) is 0.873. The molecule has 1 N–H and O–H groups in total. The second kappa shape index (κ2) is 5.78. The van der Waals surface area contributed by atoms with Crippen molar-refractivity contribution >= 4 is 11.8 Å². The van der Waals surface area contributed by atoms with Gasteiger partial charge in [0.05, 0.1) is 12.7 Å². The van der Waals surface area contributed by atoms with Gasteiger partial charge in [0, 0.05) is 17.7 Å². The molecule has 1 aromatic carbocycles. The van der Waals surface area contributed by atoms with Gasteiger partial charge in [0.25, 0.3) is 0 Å². The number of rotatable bonds is 5. The minimum atomic E-state index is -0.410. The number of aliphatic hydroxyl groups excluding tert-OH is 1. The second-order valence-electron chi connectivity index (χ2n) is 4.88. The van der Waals surface area contributed by atoms with Gasteiger partial charge in [0.15, 0.2) is 0 Å². The molecule has 94 valence electrons. The molecule has 2 rings (SSSR count). The van der Waals surface area contributed by atoms with Crippen molar-refractivity contribution in [2.45, 2.75) is 26.4 Å². The average molecular weight is 252 g/mol. The van der Waals surface area contributed by atoms with Gasteiger partial charge in [0.2, 0.25) is 0 Å². The molecule has 1 unspecified atom stereocenters. The fourth-order valence-electron chi connectivity index (χ4n) is 2.01. The molecule has 0 aromatic heterocycles. The van der Waals surface area contributed by atoms with Gasteiger partial charge in [-0.05, 0) is 17.2 Å². The average Bonchev–Trinajstić information content (AvgIpc) is 2.75. The van der Waals surface area contributed by atoms with Crippen LogP contribution in [0.5, 0.6) is 5.75 Å². The maximum absolute atomic E-state index is 10.2. The van der Waals surface area contributed by atoms with E-state index in [-0.39, 0.29) is 0 Å². The van der Waals surface area contributed by atoms with Gasteiger partial charge >= 0.3 is 0 Å². The van der Waals surface area contributed by atoms with Crippen LogP contribution in [-0.2, 0) is 6.42 Å². The number of fused-ring (bicyclic) bond motifs is 1. The lowest BCUT2D eigenvalue weighted by Gasteiger charge is -2.14. The lowest BCUT2D eigenvalue weighted by molar-refractivity contribution is 0.198. The predicted octanol–water partition coefficient (Wildman–Crippen LogP) is 3.04. The zero-order valence-electron chi connectivity index (χ0n) is 10.5. The van der Waals surface area contributed by atoms with Crippen LogP contribution in [0.4, 0.5) is 0 Å². The number of para-hydroxylation sites is 1. The van der Waals surface area contributed by atoms with Gasteiger partial charge in [-0.25, -0.2) is 0 Å². The zero-order valence-corrected chi connectivity index (χ0v) is 11.3. The first kappa shape index (κ1) is 12.8. The van der Waals surface area contributed by atoms with Crippen LogP contribution in [0.1, 0.15) is 31.1 Å². The number of hydrogen-bond donors (Lipinski definition) is 1. The third-order valence-electron chi connectivity index (χ3n) is 2.83. The predicted molar refractivity (Wildman–Crippen MR) is 72.8 cm³/mol. The molecule has 0 bridgehead atoms. The van der Waals surface area contributed by atoms with E-state index in [1.165, 1.54) is 5.56 Å². The fraction of sp³-hybridized carbons (Fsp3) is 0.571. The molecule has 0 fully saturated rings. The number of aliphatic hydroxyl groups is 1. The molecule has 0 radical (unpaired) electrons. The van der Waals surface area contributed by atoms with E-state index in [0.717, 1.165) is 35.8 Å². The standard InChI is InChI=1S/C14H20O2S/c1-10(2)8-17-9-13(15)12-5-3-4-11-6-7-16-14(11)12/h3-5,10,13,15H,6-9H2,1-2H3. The molecule has 0 amide bonds. The second-order valence-corrected chi connectivity index (χ2v) is 5.96. The number of ether oxygens (including phenoxy) is 1. The van der Waals surface area contributed by atoms with E-state index in [9.17, 15) is 5.11 Å². The molecule has 2 nitrogen and oxygen atoms in total. The van der Waals surface area contributed by atoms with Crippen molar-refractivity contribution in [3.8, 4) is 5.75 Å². The first-order valence-corrected chi connectivity index (χ1v) is 7.34. The third-order valence-corrected chi connectivity index (χ3v) is 4.28. The first-order valence-electron chi connectivity index (χ1n) is 6.19. The summed E-state index contributed by atoms with van der Waals surface area (Å²) in [7, 11) is 0. The molecule has 0 saturated heterocycles. The maximum atomic E-state index is 10.2. The Hall–Kier alpha value is -0.670. The topological polar surface area (TPSA) is 29.5 Å². The number of benzene rings is 1. The van der Waals surface area contributed by atoms with Crippen molar-refractivity contribution in [1.82, 2.24) is 0 Å². The van der Waals surface area contributed by atoms with E-state index < -0.39 is 6.10 Å². The smallest absolute Gasteiger partial charge is 0.128 e. The van der Waals surface area contributed by atoms with Gasteiger partial charge in [-0.1, -0.05) is 32.0 Å². The molecule has 0 spiro atoms. The Labute approximate surface area is 107 Å².